The van der Waals surface area contributed by atoms with Crippen molar-refractivity contribution in [2.75, 3.05) is 26.2 Å². The Labute approximate surface area is 68.1 Å². The molecule has 3 heteroatoms. The van der Waals surface area contributed by atoms with Crippen LogP contribution in [0.5, 0.6) is 0 Å². The first-order valence-electron chi connectivity index (χ1n) is 4.30. The van der Waals surface area contributed by atoms with Gasteiger partial charge in [0.15, 0.2) is 0 Å². The summed E-state index contributed by atoms with van der Waals surface area (Å²) in [5.41, 5.74) is 0. The second-order valence-electron chi connectivity index (χ2n) is 2.54. The summed E-state index contributed by atoms with van der Waals surface area (Å²) >= 11 is 0. The van der Waals surface area contributed by atoms with E-state index in [1.54, 1.807) is 0 Å². The van der Waals surface area contributed by atoms with Crippen LogP contribution in [0.2, 0.25) is 0 Å². The maximum absolute atomic E-state index is 5.40. The number of hydrogen-bond acceptors (Lipinski definition) is 3. The highest BCUT2D eigenvalue weighted by Gasteiger charge is 2.10. The minimum atomic E-state index is 0.829. The van der Waals surface area contributed by atoms with E-state index in [0.29, 0.717) is 0 Å². The second-order valence-corrected chi connectivity index (χ2v) is 2.54. The maximum Gasteiger partial charge on any atom is 0.287 e. The number of amidine groups is 1. The summed E-state index contributed by atoms with van der Waals surface area (Å²) in [5, 5.41) is 0. The molecule has 0 saturated heterocycles. The van der Waals surface area contributed by atoms with Crippen LogP contribution in [0.3, 0.4) is 0 Å². The van der Waals surface area contributed by atoms with E-state index in [2.05, 4.69) is 23.7 Å². The van der Waals surface area contributed by atoms with Crippen molar-refractivity contribution in [2.24, 2.45) is 4.99 Å². The molecule has 0 aliphatic carbocycles. The van der Waals surface area contributed by atoms with Crippen molar-refractivity contribution in [3.8, 4) is 0 Å². The smallest absolute Gasteiger partial charge is 0.287 e. The van der Waals surface area contributed by atoms with E-state index in [9.17, 15) is 0 Å². The van der Waals surface area contributed by atoms with Crippen molar-refractivity contribution in [1.29, 1.82) is 0 Å². The van der Waals surface area contributed by atoms with Crippen LogP contribution in [0.4, 0.5) is 0 Å². The van der Waals surface area contributed by atoms with Gasteiger partial charge in [0, 0.05) is 26.1 Å². The molecule has 0 radical (unpaired) electrons. The molecule has 0 N–H and O–H groups in total. The molecule has 1 aliphatic heterocycles. The van der Waals surface area contributed by atoms with Gasteiger partial charge in [0.05, 0.1) is 6.61 Å². The zero-order valence-corrected chi connectivity index (χ0v) is 7.34. The zero-order valence-electron chi connectivity index (χ0n) is 7.34. The summed E-state index contributed by atoms with van der Waals surface area (Å²) in [7, 11) is 0. The predicted octanol–water partition coefficient (Wildman–Crippen LogP) is 1.10. The highest BCUT2D eigenvalue weighted by molar-refractivity contribution is 5.74. The molecule has 0 saturated carbocycles. The lowest BCUT2D eigenvalue weighted by Gasteiger charge is -2.24. The molecule has 0 amide bonds. The molecule has 0 aromatic rings. The second kappa shape index (κ2) is 4.21. The zero-order chi connectivity index (χ0) is 8.10. The van der Waals surface area contributed by atoms with Crippen LogP contribution in [0.15, 0.2) is 4.99 Å². The van der Waals surface area contributed by atoms with E-state index in [1.165, 1.54) is 0 Å². The minimum absolute atomic E-state index is 0.829. The number of aliphatic imine (C=N–C) groups is 1. The molecule has 0 fully saturated rings. The fraction of sp³-hybridized carbons (Fsp3) is 0.875. The summed E-state index contributed by atoms with van der Waals surface area (Å²) < 4.78 is 5.40. The van der Waals surface area contributed by atoms with Gasteiger partial charge in [0.1, 0.15) is 0 Å². The highest BCUT2D eigenvalue weighted by Crippen LogP contribution is 2.01. The van der Waals surface area contributed by atoms with Crippen LogP contribution < -0.4 is 0 Å². The van der Waals surface area contributed by atoms with Gasteiger partial charge >= 0.3 is 0 Å². The van der Waals surface area contributed by atoms with Crippen molar-refractivity contribution in [3.05, 3.63) is 0 Å². The van der Waals surface area contributed by atoms with Gasteiger partial charge in [-0.2, -0.15) is 0 Å². The Morgan fingerprint density at radius 3 is 2.64 bits per heavy atom. The Balaban J connectivity index is 2.48. The summed E-state index contributed by atoms with van der Waals surface area (Å²) in [6.07, 6.45) is 1.06. The number of rotatable bonds is 2. The molecular formula is C8H16N2O. The van der Waals surface area contributed by atoms with E-state index in [0.717, 1.165) is 38.7 Å². The molecular weight excluding hydrogens is 140 g/mol. The van der Waals surface area contributed by atoms with E-state index in [-0.39, 0.29) is 0 Å². The normalized spacial score (nSPS) is 17.1. The minimum Gasteiger partial charge on any atom is -0.465 e. The van der Waals surface area contributed by atoms with Crippen LogP contribution in [0.1, 0.15) is 20.3 Å². The lowest BCUT2D eigenvalue weighted by atomic mass is 10.4. The molecule has 0 bridgehead atoms. The fourth-order valence-electron chi connectivity index (χ4n) is 1.13. The van der Waals surface area contributed by atoms with Crippen LogP contribution in [-0.2, 0) is 4.74 Å². The molecule has 0 aromatic carbocycles. The SMILES string of the molecule is CCN(CC)C1=NCCCO1. The fourth-order valence-corrected chi connectivity index (χ4v) is 1.13. The van der Waals surface area contributed by atoms with Gasteiger partial charge in [-0.3, -0.25) is 0 Å². The molecule has 11 heavy (non-hydrogen) atoms. The summed E-state index contributed by atoms with van der Waals surface area (Å²) in [6.45, 7) is 7.94. The first-order valence-corrected chi connectivity index (χ1v) is 4.30. The summed E-state index contributed by atoms with van der Waals surface area (Å²) in [5.74, 6) is 0. The third-order valence-corrected chi connectivity index (χ3v) is 1.81. The molecule has 0 aromatic heterocycles. The Hall–Kier alpha value is -0.730. The molecule has 1 rings (SSSR count). The van der Waals surface area contributed by atoms with Crippen molar-refractivity contribution in [2.45, 2.75) is 20.3 Å². The number of nitrogens with zero attached hydrogens (tertiary/aromatic N) is 2. The van der Waals surface area contributed by atoms with Crippen LogP contribution in [-0.4, -0.2) is 37.2 Å². The maximum atomic E-state index is 5.40. The largest absolute Gasteiger partial charge is 0.465 e. The highest BCUT2D eigenvalue weighted by atomic mass is 16.5. The van der Waals surface area contributed by atoms with E-state index < -0.39 is 0 Å². The average molecular weight is 156 g/mol. The van der Waals surface area contributed by atoms with Gasteiger partial charge in [0.2, 0.25) is 0 Å². The van der Waals surface area contributed by atoms with Gasteiger partial charge in [-0.05, 0) is 13.8 Å². The molecule has 1 heterocycles. The monoisotopic (exact) mass is 156 g/mol. The lowest BCUT2D eigenvalue weighted by Crippen LogP contribution is -2.34. The van der Waals surface area contributed by atoms with Crippen molar-refractivity contribution in [1.82, 2.24) is 4.90 Å². The summed E-state index contributed by atoms with van der Waals surface area (Å²) in [6, 6.07) is 0.834. The Kier molecular flexibility index (Phi) is 3.20. The standard InChI is InChI=1S/C8H16N2O/c1-3-10(4-2)8-9-6-5-7-11-8/h3-7H2,1-2H3. The van der Waals surface area contributed by atoms with Gasteiger partial charge in [-0.25, -0.2) is 4.99 Å². The molecule has 0 unspecified atom stereocenters. The molecule has 0 atom stereocenters. The Morgan fingerprint density at radius 2 is 2.18 bits per heavy atom. The van der Waals surface area contributed by atoms with E-state index in [4.69, 9.17) is 4.74 Å². The quantitative estimate of drug-likeness (QED) is 0.598. The van der Waals surface area contributed by atoms with Crippen molar-refractivity contribution < 1.29 is 4.74 Å². The van der Waals surface area contributed by atoms with Crippen LogP contribution in [0, 0.1) is 0 Å². The molecule has 3 nitrogen and oxygen atoms in total. The molecule has 64 valence electrons. The lowest BCUT2D eigenvalue weighted by molar-refractivity contribution is 0.219. The van der Waals surface area contributed by atoms with Crippen LogP contribution in [0.25, 0.3) is 0 Å². The van der Waals surface area contributed by atoms with Crippen molar-refractivity contribution >= 4 is 6.02 Å². The van der Waals surface area contributed by atoms with Crippen LogP contribution >= 0.6 is 0 Å². The predicted molar refractivity (Wildman–Crippen MR) is 45.8 cm³/mol. The molecule has 1 aliphatic rings. The Morgan fingerprint density at radius 1 is 1.45 bits per heavy atom. The molecule has 0 spiro atoms. The van der Waals surface area contributed by atoms with Gasteiger partial charge < -0.3 is 9.64 Å². The third-order valence-electron chi connectivity index (χ3n) is 1.81. The first kappa shape index (κ1) is 8.37. The van der Waals surface area contributed by atoms with E-state index in [1.807, 2.05) is 0 Å². The third kappa shape index (κ3) is 2.10. The van der Waals surface area contributed by atoms with Gasteiger partial charge in [-0.15, -0.1) is 0 Å². The summed E-state index contributed by atoms with van der Waals surface area (Å²) in [4.78, 5) is 6.43. The topological polar surface area (TPSA) is 24.8 Å². The van der Waals surface area contributed by atoms with E-state index >= 15 is 0 Å². The number of ether oxygens (including phenoxy) is 1. The Bertz CT molecular complexity index is 141. The van der Waals surface area contributed by atoms with Crippen molar-refractivity contribution in [3.63, 3.8) is 0 Å². The van der Waals surface area contributed by atoms with Gasteiger partial charge in [-0.1, -0.05) is 0 Å². The average Bonchev–Trinajstić information content (AvgIpc) is 2.09. The number of hydrogen-bond donors (Lipinski definition) is 0. The first-order chi connectivity index (χ1) is 5.38. The van der Waals surface area contributed by atoms with Gasteiger partial charge in [0.25, 0.3) is 6.02 Å².